The summed E-state index contributed by atoms with van der Waals surface area (Å²) in [6.45, 7) is 0. The molecule has 2 aromatic carbocycles. The molecule has 0 aliphatic heterocycles. The lowest BCUT2D eigenvalue weighted by atomic mass is 9.91. The molecule has 158 valence electrons. The van der Waals surface area contributed by atoms with Gasteiger partial charge in [-0.15, -0.1) is 0 Å². The predicted molar refractivity (Wildman–Crippen MR) is 122 cm³/mol. The maximum atomic E-state index is 12.6. The smallest absolute Gasteiger partial charge is 0.232 e. The topological polar surface area (TPSA) is 71.5 Å². The molecule has 1 heterocycles. The average Bonchev–Trinajstić information content (AvgIpc) is 2.74. The van der Waals surface area contributed by atoms with E-state index in [1.807, 2.05) is 42.5 Å². The fraction of sp³-hybridized carbons (Fsp3) is 0.348. The fourth-order valence-corrected chi connectivity index (χ4v) is 5.48. The lowest BCUT2D eigenvalue weighted by Gasteiger charge is -2.37. The highest BCUT2D eigenvalue weighted by molar-refractivity contribution is 7.92. The van der Waals surface area contributed by atoms with Crippen LogP contribution in [0.25, 0.3) is 10.9 Å². The minimum Gasteiger partial charge on any atom is -0.497 e. The van der Waals surface area contributed by atoms with Crippen LogP contribution in [0.3, 0.4) is 0 Å². The second-order valence-corrected chi connectivity index (χ2v) is 9.66. The molecule has 0 spiro atoms. The summed E-state index contributed by atoms with van der Waals surface area (Å²) in [6.07, 6.45) is 4.62. The monoisotopic (exact) mass is 425 g/mol. The Morgan fingerprint density at radius 1 is 1.00 bits per heavy atom. The number of pyridine rings is 1. The third-order valence-corrected chi connectivity index (χ3v) is 6.87. The van der Waals surface area contributed by atoms with Crippen molar-refractivity contribution >= 4 is 32.4 Å². The molecule has 7 heteroatoms. The number of nitrogens with zero attached hydrogens (tertiary/aromatic N) is 2. The number of methoxy groups -OCH3 is 1. The molecule has 0 unspecified atom stereocenters. The molecule has 0 atom stereocenters. The van der Waals surface area contributed by atoms with E-state index in [9.17, 15) is 8.42 Å². The van der Waals surface area contributed by atoms with Crippen molar-refractivity contribution in [2.75, 3.05) is 23.0 Å². The first-order valence-electron chi connectivity index (χ1n) is 10.2. The van der Waals surface area contributed by atoms with Crippen molar-refractivity contribution in [3.63, 3.8) is 0 Å². The lowest BCUT2D eigenvalue weighted by molar-refractivity contribution is 0.406. The zero-order valence-electron chi connectivity index (χ0n) is 17.3. The lowest BCUT2D eigenvalue weighted by Crippen LogP contribution is -2.43. The van der Waals surface area contributed by atoms with E-state index in [4.69, 9.17) is 9.72 Å². The molecular weight excluding hydrogens is 398 g/mol. The Morgan fingerprint density at radius 2 is 1.77 bits per heavy atom. The maximum absolute atomic E-state index is 12.6. The van der Waals surface area contributed by atoms with Gasteiger partial charge in [0.2, 0.25) is 10.0 Å². The van der Waals surface area contributed by atoms with E-state index in [0.29, 0.717) is 11.4 Å². The van der Waals surface area contributed by atoms with Crippen LogP contribution in [-0.4, -0.2) is 38.9 Å². The molecule has 1 aliphatic rings. The van der Waals surface area contributed by atoms with E-state index in [2.05, 4.69) is 17.4 Å². The number of para-hydroxylation sites is 1. The van der Waals surface area contributed by atoms with Gasteiger partial charge in [0.1, 0.15) is 11.6 Å². The van der Waals surface area contributed by atoms with Gasteiger partial charge in [-0.1, -0.05) is 24.3 Å². The Labute approximate surface area is 177 Å². The van der Waals surface area contributed by atoms with Crippen molar-refractivity contribution in [3.8, 4) is 5.75 Å². The quantitative estimate of drug-likeness (QED) is 0.632. The first kappa shape index (κ1) is 20.5. The van der Waals surface area contributed by atoms with Crippen molar-refractivity contribution in [1.29, 1.82) is 0 Å². The second-order valence-electron chi connectivity index (χ2n) is 7.80. The number of hydrogen-bond acceptors (Lipinski definition) is 5. The number of anilines is 2. The van der Waals surface area contributed by atoms with Gasteiger partial charge < -0.3 is 10.1 Å². The van der Waals surface area contributed by atoms with Crippen molar-refractivity contribution in [1.82, 2.24) is 4.98 Å². The Morgan fingerprint density at radius 3 is 2.50 bits per heavy atom. The molecule has 1 aliphatic carbocycles. The number of hydrogen-bond donors (Lipinski definition) is 1. The largest absolute Gasteiger partial charge is 0.497 e. The van der Waals surface area contributed by atoms with Crippen molar-refractivity contribution in [2.45, 2.75) is 37.8 Å². The molecular formula is C23H27N3O3S. The van der Waals surface area contributed by atoms with Crippen molar-refractivity contribution < 1.29 is 13.2 Å². The van der Waals surface area contributed by atoms with Crippen LogP contribution in [0.4, 0.5) is 11.5 Å². The fourth-order valence-electron chi connectivity index (χ4n) is 4.23. The SMILES string of the molecule is COc1cccc(N(C2CCC(Nc3ccc4ccccc4n3)CC2)S(C)(=O)=O)c1. The summed E-state index contributed by atoms with van der Waals surface area (Å²) in [5.74, 6) is 1.52. The van der Waals surface area contributed by atoms with E-state index in [-0.39, 0.29) is 12.1 Å². The normalized spacial score (nSPS) is 19.4. The van der Waals surface area contributed by atoms with E-state index in [0.717, 1.165) is 42.4 Å². The zero-order valence-corrected chi connectivity index (χ0v) is 18.1. The van der Waals surface area contributed by atoms with Gasteiger partial charge in [-0.3, -0.25) is 4.31 Å². The second kappa shape index (κ2) is 8.52. The number of sulfonamides is 1. The third-order valence-electron chi connectivity index (χ3n) is 5.64. The van der Waals surface area contributed by atoms with E-state index in [1.54, 1.807) is 17.5 Å². The maximum Gasteiger partial charge on any atom is 0.232 e. The Balaban J connectivity index is 1.46. The molecule has 3 aromatic rings. The van der Waals surface area contributed by atoms with Gasteiger partial charge in [0.15, 0.2) is 0 Å². The predicted octanol–water partition coefficient (Wildman–Crippen LogP) is 4.43. The van der Waals surface area contributed by atoms with Gasteiger partial charge in [-0.25, -0.2) is 13.4 Å². The summed E-state index contributed by atoms with van der Waals surface area (Å²) < 4.78 is 32.0. The number of nitrogens with one attached hydrogen (secondary N) is 1. The number of fused-ring (bicyclic) bond motifs is 1. The molecule has 0 saturated heterocycles. The van der Waals surface area contributed by atoms with Crippen LogP contribution in [-0.2, 0) is 10.0 Å². The molecule has 1 saturated carbocycles. The van der Waals surface area contributed by atoms with Crippen LogP contribution in [0.1, 0.15) is 25.7 Å². The van der Waals surface area contributed by atoms with Crippen LogP contribution >= 0.6 is 0 Å². The Bertz CT molecular complexity index is 1130. The molecule has 1 aromatic heterocycles. The Hall–Kier alpha value is -2.80. The zero-order chi connectivity index (χ0) is 21.1. The van der Waals surface area contributed by atoms with Gasteiger partial charge in [0.25, 0.3) is 0 Å². The molecule has 0 radical (unpaired) electrons. The summed E-state index contributed by atoms with van der Waals surface area (Å²) in [5.41, 5.74) is 1.63. The highest BCUT2D eigenvalue weighted by atomic mass is 32.2. The summed E-state index contributed by atoms with van der Waals surface area (Å²) in [4.78, 5) is 4.70. The van der Waals surface area contributed by atoms with Crippen molar-refractivity contribution in [3.05, 3.63) is 60.7 Å². The molecule has 1 fully saturated rings. The summed E-state index contributed by atoms with van der Waals surface area (Å²) in [6, 6.07) is 19.6. The molecule has 30 heavy (non-hydrogen) atoms. The minimum atomic E-state index is -3.40. The van der Waals surface area contributed by atoms with E-state index < -0.39 is 10.0 Å². The van der Waals surface area contributed by atoms with E-state index in [1.165, 1.54) is 6.26 Å². The summed E-state index contributed by atoms with van der Waals surface area (Å²) in [5, 5.41) is 4.65. The highest BCUT2D eigenvalue weighted by Gasteiger charge is 2.31. The van der Waals surface area contributed by atoms with Gasteiger partial charge >= 0.3 is 0 Å². The van der Waals surface area contributed by atoms with Gasteiger partial charge in [-0.05, 0) is 56.0 Å². The third kappa shape index (κ3) is 4.51. The number of aromatic nitrogens is 1. The highest BCUT2D eigenvalue weighted by Crippen LogP contribution is 2.32. The molecule has 1 N–H and O–H groups in total. The van der Waals surface area contributed by atoms with Crippen LogP contribution in [0, 0.1) is 0 Å². The molecule has 0 bridgehead atoms. The van der Waals surface area contributed by atoms with Crippen LogP contribution in [0.15, 0.2) is 60.7 Å². The van der Waals surface area contributed by atoms with Gasteiger partial charge in [0.05, 0.1) is 24.6 Å². The minimum absolute atomic E-state index is 0.0604. The van der Waals surface area contributed by atoms with E-state index >= 15 is 0 Å². The standard InChI is InChI=1S/C23H27N3O3S/c1-29-21-8-5-7-20(16-21)26(30(2,27)28)19-13-11-18(12-14-19)24-23-15-10-17-6-3-4-9-22(17)25-23/h3-10,15-16,18-19H,11-14H2,1-2H3,(H,24,25). The Kier molecular flexibility index (Phi) is 5.81. The molecule has 4 rings (SSSR count). The summed E-state index contributed by atoms with van der Waals surface area (Å²) in [7, 11) is -1.81. The van der Waals surface area contributed by atoms with Gasteiger partial charge in [0, 0.05) is 23.5 Å². The molecule has 0 amide bonds. The van der Waals surface area contributed by atoms with Crippen molar-refractivity contribution in [2.24, 2.45) is 0 Å². The number of benzene rings is 2. The molecule has 6 nitrogen and oxygen atoms in total. The van der Waals surface area contributed by atoms with Gasteiger partial charge in [-0.2, -0.15) is 0 Å². The van der Waals surface area contributed by atoms with Crippen LogP contribution in [0.5, 0.6) is 5.75 Å². The summed E-state index contributed by atoms with van der Waals surface area (Å²) >= 11 is 0. The average molecular weight is 426 g/mol. The van der Waals surface area contributed by atoms with Crippen LogP contribution in [0.2, 0.25) is 0 Å². The van der Waals surface area contributed by atoms with Crippen LogP contribution < -0.4 is 14.4 Å². The number of rotatable bonds is 6. The first-order chi connectivity index (χ1) is 14.4. The number of ether oxygens (including phenoxy) is 1. The first-order valence-corrected chi connectivity index (χ1v) is 12.0.